The zero-order chi connectivity index (χ0) is 17.6. The highest BCUT2D eigenvalue weighted by atomic mass is 35.5. The van der Waals surface area contributed by atoms with E-state index in [1.54, 1.807) is 6.92 Å². The Balaban J connectivity index is 3.28. The quantitative estimate of drug-likeness (QED) is 0.403. The number of para-hydroxylation sites is 1. The molecule has 0 unspecified atom stereocenters. The number of rotatable bonds is 8. The summed E-state index contributed by atoms with van der Waals surface area (Å²) in [5.41, 5.74) is 0.276. The standard InChI is InChI=1S/C14H16ClF4NO3/c1-3-22-8-20(11(21)7-15)12-9(2)5-4-6-10(12)23-14(18,19)13(16)17/h4-6,13H,3,7-8H2,1-2H3. The second-order valence-electron chi connectivity index (χ2n) is 4.46. The first-order chi connectivity index (χ1) is 10.7. The third kappa shape index (κ3) is 4.97. The summed E-state index contributed by atoms with van der Waals surface area (Å²) in [6.45, 7) is 3.16. The highest BCUT2D eigenvalue weighted by molar-refractivity contribution is 6.29. The van der Waals surface area contributed by atoms with E-state index in [-0.39, 0.29) is 19.0 Å². The number of ether oxygens (including phenoxy) is 2. The SMILES string of the molecule is CCOCN(C(=O)CCl)c1c(C)cccc1OC(F)(F)C(F)F. The largest absolute Gasteiger partial charge is 0.461 e. The van der Waals surface area contributed by atoms with Gasteiger partial charge in [-0.25, -0.2) is 0 Å². The molecule has 0 atom stereocenters. The van der Waals surface area contributed by atoms with Crippen molar-refractivity contribution in [1.29, 1.82) is 0 Å². The van der Waals surface area contributed by atoms with E-state index in [1.165, 1.54) is 19.1 Å². The van der Waals surface area contributed by atoms with Gasteiger partial charge in [-0.3, -0.25) is 9.69 Å². The van der Waals surface area contributed by atoms with Crippen LogP contribution in [0.1, 0.15) is 12.5 Å². The maximum Gasteiger partial charge on any atom is 0.461 e. The van der Waals surface area contributed by atoms with Crippen LogP contribution in [0.25, 0.3) is 0 Å². The van der Waals surface area contributed by atoms with Crippen LogP contribution in [-0.2, 0) is 9.53 Å². The van der Waals surface area contributed by atoms with Crippen LogP contribution in [-0.4, -0.2) is 37.7 Å². The van der Waals surface area contributed by atoms with E-state index >= 15 is 0 Å². The number of carbonyl (C=O) groups is 1. The molecule has 130 valence electrons. The Hall–Kier alpha value is -1.54. The molecule has 1 aromatic rings. The number of anilines is 1. The van der Waals surface area contributed by atoms with Crippen molar-refractivity contribution in [3.8, 4) is 5.75 Å². The maximum atomic E-state index is 13.2. The second kappa shape index (κ2) is 8.35. The lowest BCUT2D eigenvalue weighted by molar-refractivity contribution is -0.253. The minimum atomic E-state index is -4.69. The topological polar surface area (TPSA) is 38.8 Å². The van der Waals surface area contributed by atoms with Crippen molar-refractivity contribution in [2.45, 2.75) is 26.4 Å². The molecule has 0 radical (unpaired) electrons. The molecule has 0 saturated carbocycles. The van der Waals surface area contributed by atoms with Gasteiger partial charge in [-0.1, -0.05) is 12.1 Å². The predicted molar refractivity (Wildman–Crippen MR) is 77.5 cm³/mol. The number of hydrogen-bond donors (Lipinski definition) is 0. The fraction of sp³-hybridized carbons (Fsp3) is 0.500. The number of carbonyl (C=O) groups excluding carboxylic acids is 1. The molecule has 0 saturated heterocycles. The molecule has 0 N–H and O–H groups in total. The van der Waals surface area contributed by atoms with E-state index in [0.29, 0.717) is 5.56 Å². The molecule has 4 nitrogen and oxygen atoms in total. The minimum Gasteiger partial charge on any atom is -0.426 e. The average molecular weight is 358 g/mol. The summed E-state index contributed by atoms with van der Waals surface area (Å²) in [7, 11) is 0. The van der Waals surface area contributed by atoms with Gasteiger partial charge in [0.25, 0.3) is 0 Å². The minimum absolute atomic E-state index is 0.0908. The second-order valence-corrected chi connectivity index (χ2v) is 4.73. The molecular formula is C14H16ClF4NO3. The molecule has 0 aliphatic carbocycles. The van der Waals surface area contributed by atoms with Crippen LogP contribution in [0.2, 0.25) is 0 Å². The van der Waals surface area contributed by atoms with E-state index in [0.717, 1.165) is 11.0 Å². The summed E-state index contributed by atoms with van der Waals surface area (Å²) in [4.78, 5) is 12.9. The van der Waals surface area contributed by atoms with Gasteiger partial charge in [0.1, 0.15) is 12.6 Å². The first kappa shape index (κ1) is 19.5. The van der Waals surface area contributed by atoms with E-state index < -0.39 is 30.1 Å². The van der Waals surface area contributed by atoms with Crippen molar-refractivity contribution in [2.24, 2.45) is 0 Å². The average Bonchev–Trinajstić information content (AvgIpc) is 2.48. The maximum absolute atomic E-state index is 13.2. The van der Waals surface area contributed by atoms with Crippen molar-refractivity contribution < 1.29 is 31.8 Å². The first-order valence-corrected chi connectivity index (χ1v) is 7.16. The molecule has 23 heavy (non-hydrogen) atoms. The normalized spacial score (nSPS) is 11.7. The number of hydrogen-bond acceptors (Lipinski definition) is 3. The third-order valence-electron chi connectivity index (χ3n) is 2.81. The highest BCUT2D eigenvalue weighted by Gasteiger charge is 2.44. The summed E-state index contributed by atoms with van der Waals surface area (Å²) in [6.07, 6.45) is -8.70. The third-order valence-corrected chi connectivity index (χ3v) is 3.04. The monoisotopic (exact) mass is 357 g/mol. The molecule has 1 rings (SSSR count). The highest BCUT2D eigenvalue weighted by Crippen LogP contribution is 2.37. The van der Waals surface area contributed by atoms with Gasteiger partial charge < -0.3 is 9.47 Å². The molecule has 0 heterocycles. The number of nitrogens with zero attached hydrogens (tertiary/aromatic N) is 1. The number of alkyl halides is 5. The Morgan fingerprint density at radius 1 is 1.39 bits per heavy atom. The zero-order valence-corrected chi connectivity index (χ0v) is 13.2. The summed E-state index contributed by atoms with van der Waals surface area (Å²) >= 11 is 5.51. The van der Waals surface area contributed by atoms with E-state index in [1.807, 2.05) is 0 Å². The zero-order valence-electron chi connectivity index (χ0n) is 12.5. The molecule has 1 aromatic carbocycles. The van der Waals surface area contributed by atoms with Crippen LogP contribution in [0, 0.1) is 6.92 Å². The fourth-order valence-corrected chi connectivity index (χ4v) is 1.91. The molecule has 0 aliphatic heterocycles. The van der Waals surface area contributed by atoms with Crippen LogP contribution in [0.5, 0.6) is 5.75 Å². The van der Waals surface area contributed by atoms with Gasteiger partial charge in [-0.05, 0) is 25.5 Å². The lowest BCUT2D eigenvalue weighted by Crippen LogP contribution is -2.37. The van der Waals surface area contributed by atoms with Crippen LogP contribution in [0.15, 0.2) is 18.2 Å². The number of aryl methyl sites for hydroxylation is 1. The van der Waals surface area contributed by atoms with E-state index in [2.05, 4.69) is 4.74 Å². The number of benzene rings is 1. The van der Waals surface area contributed by atoms with Gasteiger partial charge in [0.2, 0.25) is 5.91 Å². The molecule has 0 aromatic heterocycles. The van der Waals surface area contributed by atoms with Crippen molar-refractivity contribution >= 4 is 23.2 Å². The Bertz CT molecular complexity index is 543. The summed E-state index contributed by atoms with van der Waals surface area (Å²) < 4.78 is 60.4. The van der Waals surface area contributed by atoms with Gasteiger partial charge in [-0.15, -0.1) is 11.6 Å². The molecule has 0 spiro atoms. The summed E-state index contributed by atoms with van der Waals surface area (Å²) in [5, 5.41) is 0. The molecular weight excluding hydrogens is 342 g/mol. The Morgan fingerprint density at radius 2 is 2.04 bits per heavy atom. The van der Waals surface area contributed by atoms with Crippen molar-refractivity contribution in [1.82, 2.24) is 0 Å². The van der Waals surface area contributed by atoms with Crippen molar-refractivity contribution in [3.05, 3.63) is 23.8 Å². The summed E-state index contributed by atoms with van der Waals surface area (Å²) in [5.74, 6) is -1.64. The molecule has 9 heteroatoms. The lowest BCUT2D eigenvalue weighted by Gasteiger charge is -2.27. The Labute approximate surface area is 135 Å². The lowest BCUT2D eigenvalue weighted by atomic mass is 10.1. The van der Waals surface area contributed by atoms with Crippen LogP contribution >= 0.6 is 11.6 Å². The first-order valence-electron chi connectivity index (χ1n) is 6.63. The number of halogens is 5. The van der Waals surface area contributed by atoms with Gasteiger partial charge in [0.15, 0.2) is 5.75 Å². The smallest absolute Gasteiger partial charge is 0.426 e. The molecule has 0 bridgehead atoms. The van der Waals surface area contributed by atoms with Crippen molar-refractivity contribution in [2.75, 3.05) is 24.1 Å². The summed E-state index contributed by atoms with van der Waals surface area (Å²) in [6, 6.07) is 3.93. The van der Waals surface area contributed by atoms with Gasteiger partial charge in [0, 0.05) is 6.61 Å². The van der Waals surface area contributed by atoms with E-state index in [9.17, 15) is 22.4 Å². The van der Waals surface area contributed by atoms with Gasteiger partial charge >= 0.3 is 12.5 Å². The Kier molecular flexibility index (Phi) is 7.08. The fourth-order valence-electron chi connectivity index (χ4n) is 1.77. The van der Waals surface area contributed by atoms with Crippen LogP contribution < -0.4 is 9.64 Å². The molecule has 0 fully saturated rings. The molecule has 1 amide bonds. The number of amides is 1. The predicted octanol–water partition coefficient (Wildman–Crippen LogP) is 3.80. The van der Waals surface area contributed by atoms with Crippen molar-refractivity contribution in [3.63, 3.8) is 0 Å². The van der Waals surface area contributed by atoms with Crippen LogP contribution in [0.3, 0.4) is 0 Å². The van der Waals surface area contributed by atoms with Crippen LogP contribution in [0.4, 0.5) is 23.2 Å². The van der Waals surface area contributed by atoms with Gasteiger partial charge in [0.05, 0.1) is 5.69 Å². The Morgan fingerprint density at radius 3 is 2.57 bits per heavy atom. The molecule has 0 aliphatic rings. The van der Waals surface area contributed by atoms with E-state index in [4.69, 9.17) is 16.3 Å². The van der Waals surface area contributed by atoms with Gasteiger partial charge in [-0.2, -0.15) is 17.6 Å².